The summed E-state index contributed by atoms with van der Waals surface area (Å²) >= 11 is 1.51. The summed E-state index contributed by atoms with van der Waals surface area (Å²) < 4.78 is 29.2. The first-order chi connectivity index (χ1) is 9.58. The molecule has 106 valence electrons. The Bertz CT molecular complexity index is 590. The van der Waals surface area contributed by atoms with E-state index in [-0.39, 0.29) is 5.75 Å². The van der Waals surface area contributed by atoms with Crippen LogP contribution in [0.3, 0.4) is 0 Å². The Labute approximate surface area is 120 Å². The van der Waals surface area contributed by atoms with Crippen molar-refractivity contribution in [2.45, 2.75) is 24.2 Å². The van der Waals surface area contributed by atoms with Gasteiger partial charge in [-0.25, -0.2) is 0 Å². The second kappa shape index (κ2) is 6.61. The number of rotatable bonds is 5. The average Bonchev–Trinajstić information content (AvgIpc) is 2.41. The van der Waals surface area contributed by atoms with E-state index in [1.54, 1.807) is 24.3 Å². The monoisotopic (exact) mass is 295 g/mol. The number of nitrogens with two attached hydrogens (primary N) is 1. The predicted octanol–water partition coefficient (Wildman–Crippen LogP) is 4.47. The van der Waals surface area contributed by atoms with Crippen LogP contribution in [0.25, 0.3) is 0 Å². The van der Waals surface area contributed by atoms with Gasteiger partial charge in [0, 0.05) is 21.9 Å². The number of para-hydroxylation sites is 2. The van der Waals surface area contributed by atoms with E-state index < -0.39 is 6.61 Å². The SMILES string of the molecule is Cc1cccc(SCc2ccccc2OC(F)F)c1N. The van der Waals surface area contributed by atoms with E-state index in [1.165, 1.54) is 11.8 Å². The van der Waals surface area contributed by atoms with Gasteiger partial charge in [0.15, 0.2) is 0 Å². The van der Waals surface area contributed by atoms with Gasteiger partial charge in [-0.2, -0.15) is 8.78 Å². The molecule has 0 aromatic heterocycles. The number of hydrogen-bond acceptors (Lipinski definition) is 3. The third-order valence-corrected chi connectivity index (χ3v) is 3.98. The molecular weight excluding hydrogens is 280 g/mol. The second-order valence-corrected chi connectivity index (χ2v) is 5.28. The lowest BCUT2D eigenvalue weighted by Crippen LogP contribution is -2.04. The molecule has 2 N–H and O–H groups in total. The number of hydrogen-bond donors (Lipinski definition) is 1. The molecule has 0 aliphatic rings. The number of anilines is 1. The van der Waals surface area contributed by atoms with Crippen molar-refractivity contribution in [3.8, 4) is 5.75 Å². The van der Waals surface area contributed by atoms with Crippen molar-refractivity contribution < 1.29 is 13.5 Å². The van der Waals surface area contributed by atoms with Gasteiger partial charge in [-0.1, -0.05) is 30.3 Å². The lowest BCUT2D eigenvalue weighted by molar-refractivity contribution is -0.0503. The van der Waals surface area contributed by atoms with Crippen LogP contribution in [-0.2, 0) is 5.75 Å². The van der Waals surface area contributed by atoms with Crippen LogP contribution in [0.2, 0.25) is 0 Å². The Kier molecular flexibility index (Phi) is 4.84. The highest BCUT2D eigenvalue weighted by Gasteiger charge is 2.10. The van der Waals surface area contributed by atoms with E-state index >= 15 is 0 Å². The quantitative estimate of drug-likeness (QED) is 0.653. The number of benzene rings is 2. The van der Waals surface area contributed by atoms with Gasteiger partial charge in [-0.3, -0.25) is 0 Å². The minimum absolute atomic E-state index is 0.209. The van der Waals surface area contributed by atoms with E-state index in [0.29, 0.717) is 5.75 Å². The van der Waals surface area contributed by atoms with Crippen molar-refractivity contribution in [1.29, 1.82) is 0 Å². The summed E-state index contributed by atoms with van der Waals surface area (Å²) in [5, 5.41) is 0. The van der Waals surface area contributed by atoms with E-state index in [9.17, 15) is 8.78 Å². The van der Waals surface area contributed by atoms with Crippen LogP contribution in [-0.4, -0.2) is 6.61 Å². The standard InChI is InChI=1S/C15H15F2NOS/c1-10-5-4-8-13(14(10)18)20-9-11-6-2-3-7-12(11)19-15(16)17/h2-8,15H,9,18H2,1H3. The molecule has 0 aliphatic carbocycles. The molecule has 0 unspecified atom stereocenters. The van der Waals surface area contributed by atoms with Crippen molar-refractivity contribution in [3.05, 3.63) is 53.6 Å². The van der Waals surface area contributed by atoms with Crippen LogP contribution in [0, 0.1) is 6.92 Å². The molecule has 0 bridgehead atoms. The van der Waals surface area contributed by atoms with E-state index in [0.717, 1.165) is 21.7 Å². The molecule has 0 amide bonds. The minimum Gasteiger partial charge on any atom is -0.435 e. The van der Waals surface area contributed by atoms with Gasteiger partial charge in [-0.15, -0.1) is 11.8 Å². The Morgan fingerprint density at radius 2 is 1.90 bits per heavy atom. The number of nitrogen functional groups attached to an aromatic ring is 1. The largest absolute Gasteiger partial charge is 0.435 e. The Balaban J connectivity index is 2.13. The summed E-state index contributed by atoms with van der Waals surface area (Å²) in [6, 6.07) is 12.6. The van der Waals surface area contributed by atoms with Crippen molar-refractivity contribution in [3.63, 3.8) is 0 Å². The van der Waals surface area contributed by atoms with Crippen LogP contribution in [0.5, 0.6) is 5.75 Å². The van der Waals surface area contributed by atoms with Crippen molar-refractivity contribution in [2.75, 3.05) is 5.73 Å². The Morgan fingerprint density at radius 3 is 2.65 bits per heavy atom. The van der Waals surface area contributed by atoms with Gasteiger partial charge in [-0.05, 0) is 24.6 Å². The van der Waals surface area contributed by atoms with Crippen LogP contribution in [0.4, 0.5) is 14.5 Å². The molecule has 0 fully saturated rings. The van der Waals surface area contributed by atoms with E-state index in [2.05, 4.69) is 4.74 Å². The molecule has 0 heterocycles. The minimum atomic E-state index is -2.81. The Hall–Kier alpha value is -1.75. The molecule has 2 nitrogen and oxygen atoms in total. The number of thioether (sulfide) groups is 1. The number of halogens is 2. The summed E-state index contributed by atoms with van der Waals surface area (Å²) in [6.07, 6.45) is 0. The van der Waals surface area contributed by atoms with Crippen LogP contribution < -0.4 is 10.5 Å². The predicted molar refractivity (Wildman–Crippen MR) is 78.2 cm³/mol. The fourth-order valence-electron chi connectivity index (χ4n) is 1.77. The molecular formula is C15H15F2NOS. The Morgan fingerprint density at radius 1 is 1.15 bits per heavy atom. The molecule has 0 saturated carbocycles. The molecule has 0 aliphatic heterocycles. The van der Waals surface area contributed by atoms with Crippen LogP contribution in [0.15, 0.2) is 47.4 Å². The van der Waals surface area contributed by atoms with Crippen molar-refractivity contribution in [1.82, 2.24) is 0 Å². The maximum Gasteiger partial charge on any atom is 0.387 e. The molecule has 2 aromatic carbocycles. The van der Waals surface area contributed by atoms with Crippen LogP contribution >= 0.6 is 11.8 Å². The first-order valence-corrected chi connectivity index (χ1v) is 7.07. The molecule has 0 radical (unpaired) electrons. The second-order valence-electron chi connectivity index (χ2n) is 4.26. The highest BCUT2D eigenvalue weighted by molar-refractivity contribution is 7.98. The topological polar surface area (TPSA) is 35.2 Å². The van der Waals surface area contributed by atoms with Gasteiger partial charge < -0.3 is 10.5 Å². The summed E-state index contributed by atoms with van der Waals surface area (Å²) in [5.74, 6) is 0.734. The number of ether oxygens (including phenoxy) is 1. The average molecular weight is 295 g/mol. The fraction of sp³-hybridized carbons (Fsp3) is 0.200. The molecule has 0 spiro atoms. The normalized spacial score (nSPS) is 10.8. The number of alkyl halides is 2. The first-order valence-electron chi connectivity index (χ1n) is 6.08. The van der Waals surface area contributed by atoms with Gasteiger partial charge >= 0.3 is 6.61 Å². The van der Waals surface area contributed by atoms with Crippen molar-refractivity contribution >= 4 is 17.4 Å². The maximum absolute atomic E-state index is 12.3. The molecule has 0 saturated heterocycles. The third-order valence-electron chi connectivity index (χ3n) is 2.86. The zero-order valence-corrected chi connectivity index (χ0v) is 11.8. The fourth-order valence-corrected chi connectivity index (χ4v) is 2.81. The summed E-state index contributed by atoms with van der Waals surface area (Å²) in [6.45, 7) is -0.877. The van der Waals surface area contributed by atoms with E-state index in [4.69, 9.17) is 5.73 Å². The molecule has 5 heteroatoms. The van der Waals surface area contributed by atoms with Crippen LogP contribution in [0.1, 0.15) is 11.1 Å². The zero-order chi connectivity index (χ0) is 14.5. The summed E-state index contributed by atoms with van der Waals surface area (Å²) in [5.41, 5.74) is 8.45. The lowest BCUT2D eigenvalue weighted by atomic mass is 10.2. The van der Waals surface area contributed by atoms with Gasteiger partial charge in [0.1, 0.15) is 5.75 Å². The highest BCUT2D eigenvalue weighted by atomic mass is 32.2. The van der Waals surface area contributed by atoms with E-state index in [1.807, 2.05) is 25.1 Å². The summed E-state index contributed by atoms with van der Waals surface area (Å²) in [7, 11) is 0. The smallest absolute Gasteiger partial charge is 0.387 e. The van der Waals surface area contributed by atoms with Crippen molar-refractivity contribution in [2.24, 2.45) is 0 Å². The highest BCUT2D eigenvalue weighted by Crippen LogP contribution is 2.32. The van der Waals surface area contributed by atoms with Gasteiger partial charge in [0.2, 0.25) is 0 Å². The molecule has 20 heavy (non-hydrogen) atoms. The van der Waals surface area contributed by atoms with Gasteiger partial charge in [0.25, 0.3) is 0 Å². The maximum atomic E-state index is 12.3. The first kappa shape index (κ1) is 14.7. The molecule has 2 aromatic rings. The lowest BCUT2D eigenvalue weighted by Gasteiger charge is -2.11. The molecule has 0 atom stereocenters. The number of aryl methyl sites for hydroxylation is 1. The van der Waals surface area contributed by atoms with Gasteiger partial charge in [0.05, 0.1) is 0 Å². The third kappa shape index (κ3) is 3.63. The summed E-state index contributed by atoms with van der Waals surface area (Å²) in [4.78, 5) is 0.942. The zero-order valence-electron chi connectivity index (χ0n) is 11.0. The molecule has 2 rings (SSSR count).